The van der Waals surface area contributed by atoms with E-state index in [0.29, 0.717) is 5.56 Å². The number of H-pyrrole nitrogens is 2. The van der Waals surface area contributed by atoms with Gasteiger partial charge in [0.25, 0.3) is 0 Å². The number of fused-ring (bicyclic) bond motifs is 8. The first-order chi connectivity index (χ1) is 34.6. The Morgan fingerprint density at radius 2 is 0.676 bits per heavy atom. The lowest BCUT2D eigenvalue weighted by Crippen LogP contribution is -2.12. The largest absolute Gasteiger partial charge is 0.465 e. The van der Waals surface area contributed by atoms with Crippen LogP contribution in [-0.4, -0.2) is 33.0 Å². The number of methoxy groups -OCH3 is 1. The second-order valence-electron chi connectivity index (χ2n) is 18.4. The topological polar surface area (TPSA) is 90.1 Å². The zero-order chi connectivity index (χ0) is 48.8. The molecule has 9 aromatic rings. The fourth-order valence-electron chi connectivity index (χ4n) is 9.45. The van der Waals surface area contributed by atoms with Gasteiger partial charge in [0.2, 0.25) is 0 Å². The second kappa shape index (κ2) is 18.5. The molecule has 0 unspecified atom stereocenters. The number of aryl methyl sites for hydroxylation is 5. The van der Waals surface area contributed by atoms with Gasteiger partial charge >= 0.3 is 5.97 Å². The summed E-state index contributed by atoms with van der Waals surface area (Å²) in [6.45, 7) is 10.6. The molecule has 2 aliphatic heterocycles. The molecule has 346 valence electrons. The molecule has 3 aromatic heterocycles. The summed E-state index contributed by atoms with van der Waals surface area (Å²) >= 11 is 0. The van der Waals surface area contributed by atoms with Crippen molar-refractivity contribution in [2.24, 2.45) is 0 Å². The molecule has 0 spiro atoms. The zero-order valence-electron chi connectivity index (χ0n) is 40.6. The summed E-state index contributed by atoms with van der Waals surface area (Å²) in [5.74, 6) is -0.396. The molecule has 8 nitrogen and oxygen atoms in total. The van der Waals surface area contributed by atoms with E-state index in [1.54, 1.807) is 12.1 Å². The Bertz CT molecular complexity index is 3620. The number of aromatic nitrogens is 4. The van der Waals surface area contributed by atoms with E-state index in [1.807, 2.05) is 12.1 Å². The molecule has 2 aliphatic rings. The zero-order valence-corrected chi connectivity index (χ0v) is 40.6. The highest BCUT2D eigenvalue weighted by molar-refractivity contribution is 6.02. The number of ether oxygens (including phenoxy) is 1. The fraction of sp³-hybridized carbons (Fsp3) is 0.0952. The Hall–Kier alpha value is -9.01. The maximum Gasteiger partial charge on any atom is 0.337 e. The maximum atomic E-state index is 12.7. The molecule has 8 heteroatoms. The number of hydrogen-bond acceptors (Lipinski definition) is 6. The second-order valence-corrected chi connectivity index (χ2v) is 18.4. The molecule has 0 radical (unpaired) electrons. The van der Waals surface area contributed by atoms with Crippen molar-refractivity contribution in [2.45, 2.75) is 34.6 Å². The molecule has 2 N–H and O–H groups in total. The molecular weight excluding hydrogens is 873 g/mol. The van der Waals surface area contributed by atoms with Gasteiger partial charge in [-0.15, -0.1) is 0 Å². The Balaban J connectivity index is 1.32. The normalized spacial score (nSPS) is 11.7. The summed E-state index contributed by atoms with van der Waals surface area (Å²) in [6, 6.07) is 59.3. The van der Waals surface area contributed by atoms with Crippen LogP contribution in [0.2, 0.25) is 0 Å². The average molecular weight is 925 g/mol. The molecule has 0 aliphatic carbocycles. The summed E-state index contributed by atoms with van der Waals surface area (Å²) in [5, 5.41) is 0. The summed E-state index contributed by atoms with van der Waals surface area (Å²) in [6.07, 6.45) is 8.46. The molecular formula is C63H52N6O2. The molecule has 8 bridgehead atoms. The fourth-order valence-corrected chi connectivity index (χ4v) is 9.45. The molecule has 0 saturated carbocycles. The highest BCUT2D eigenvalue weighted by Gasteiger charge is 2.25. The number of anilines is 6. The van der Waals surface area contributed by atoms with Gasteiger partial charge in [-0.1, -0.05) is 113 Å². The molecule has 11 rings (SSSR count). The Morgan fingerprint density at radius 3 is 1.03 bits per heavy atom. The van der Waals surface area contributed by atoms with Crippen LogP contribution in [0.15, 0.2) is 170 Å². The van der Waals surface area contributed by atoms with Gasteiger partial charge < -0.3 is 24.5 Å². The van der Waals surface area contributed by atoms with Crippen molar-refractivity contribution in [3.63, 3.8) is 0 Å². The number of esters is 1. The summed E-state index contributed by atoms with van der Waals surface area (Å²) in [4.78, 5) is 36.4. The lowest BCUT2D eigenvalue weighted by molar-refractivity contribution is 0.0600. The Morgan fingerprint density at radius 1 is 0.380 bits per heavy atom. The monoisotopic (exact) mass is 924 g/mol. The van der Waals surface area contributed by atoms with Crippen molar-refractivity contribution in [3.8, 4) is 22.3 Å². The van der Waals surface area contributed by atoms with Crippen LogP contribution in [-0.2, 0) is 4.74 Å². The highest BCUT2D eigenvalue weighted by Crippen LogP contribution is 2.45. The Kier molecular flexibility index (Phi) is 11.6. The third kappa shape index (κ3) is 8.61. The first-order valence-electron chi connectivity index (χ1n) is 23.9. The van der Waals surface area contributed by atoms with E-state index in [-0.39, 0.29) is 0 Å². The first kappa shape index (κ1) is 44.5. The number of carbonyl (C=O) groups excluding carboxylic acids is 1. The van der Waals surface area contributed by atoms with Gasteiger partial charge in [-0.2, -0.15) is 0 Å². The van der Waals surface area contributed by atoms with Crippen molar-refractivity contribution >= 4 is 86.5 Å². The van der Waals surface area contributed by atoms with Crippen LogP contribution < -0.4 is 9.80 Å². The standard InChI is InChI=1S/C63H52N6O2/c1-39-7-17-44(18-8-39)59-51-31-32-52(64-51)60(45-19-21-46(22-20-45)63(70)71-6)54-34-36-56(66-54)62(69(49-27-13-42(4)14-28-49)50-29-15-43(5)16-30-50)58-38-37-57(67-58)61(55-35-33-53(59)65-55)68(47-23-9-40(2)10-24-47)48-25-11-41(3)12-26-48/h7-38,64,67H,1-6H3. The quantitative estimate of drug-likeness (QED) is 0.140. The lowest BCUT2D eigenvalue weighted by atomic mass is 10.0. The molecule has 5 heterocycles. The van der Waals surface area contributed by atoms with Gasteiger partial charge in [0.15, 0.2) is 0 Å². The van der Waals surface area contributed by atoms with E-state index >= 15 is 0 Å². The van der Waals surface area contributed by atoms with Gasteiger partial charge in [-0.05, 0) is 155 Å². The number of aromatic amines is 2. The van der Waals surface area contributed by atoms with Crippen molar-refractivity contribution in [1.29, 1.82) is 0 Å². The maximum absolute atomic E-state index is 12.7. The number of rotatable bonds is 9. The average Bonchev–Trinajstić information content (AvgIpc) is 4.25. The van der Waals surface area contributed by atoms with Crippen molar-refractivity contribution < 1.29 is 9.53 Å². The van der Waals surface area contributed by atoms with Gasteiger partial charge in [0.1, 0.15) is 0 Å². The highest BCUT2D eigenvalue weighted by atomic mass is 16.5. The summed E-state index contributed by atoms with van der Waals surface area (Å²) in [5.41, 5.74) is 22.3. The number of nitrogens with one attached hydrogen (secondary N) is 2. The molecule has 0 amide bonds. The molecule has 0 saturated heterocycles. The van der Waals surface area contributed by atoms with E-state index in [0.717, 1.165) is 112 Å². The van der Waals surface area contributed by atoms with Crippen LogP contribution in [0, 0.1) is 34.6 Å². The lowest BCUT2D eigenvalue weighted by Gasteiger charge is -2.27. The van der Waals surface area contributed by atoms with Crippen LogP contribution in [0.3, 0.4) is 0 Å². The van der Waals surface area contributed by atoms with E-state index in [1.165, 1.54) is 23.8 Å². The van der Waals surface area contributed by atoms with Crippen LogP contribution in [0.4, 0.5) is 34.1 Å². The predicted molar refractivity (Wildman–Crippen MR) is 294 cm³/mol. The molecule has 0 atom stereocenters. The number of hydrogen-bond donors (Lipinski definition) is 2. The van der Waals surface area contributed by atoms with E-state index < -0.39 is 5.97 Å². The summed E-state index contributed by atoms with van der Waals surface area (Å²) in [7, 11) is 1.40. The number of carbonyl (C=O) groups is 1. The number of nitrogens with zero attached hydrogens (tertiary/aromatic N) is 4. The molecule has 6 aromatic carbocycles. The number of benzene rings is 6. The molecule has 71 heavy (non-hydrogen) atoms. The third-order valence-electron chi connectivity index (χ3n) is 13.2. The van der Waals surface area contributed by atoms with Gasteiger partial charge in [-0.25, -0.2) is 14.8 Å². The molecule has 0 fully saturated rings. The minimum absolute atomic E-state index is 0.396. The van der Waals surface area contributed by atoms with Crippen LogP contribution in [0.5, 0.6) is 0 Å². The minimum Gasteiger partial charge on any atom is -0.465 e. The first-order valence-corrected chi connectivity index (χ1v) is 23.9. The van der Waals surface area contributed by atoms with Crippen LogP contribution >= 0.6 is 0 Å². The third-order valence-corrected chi connectivity index (χ3v) is 13.2. The van der Waals surface area contributed by atoms with E-state index in [2.05, 4.69) is 224 Å². The van der Waals surface area contributed by atoms with Crippen molar-refractivity contribution in [2.75, 3.05) is 16.9 Å². The van der Waals surface area contributed by atoms with Crippen molar-refractivity contribution in [3.05, 3.63) is 226 Å². The predicted octanol–water partition coefficient (Wildman–Crippen LogP) is 16.3. The summed E-state index contributed by atoms with van der Waals surface area (Å²) < 4.78 is 5.09. The van der Waals surface area contributed by atoms with Gasteiger partial charge in [-0.3, -0.25) is 0 Å². The van der Waals surface area contributed by atoms with Crippen LogP contribution in [0.25, 0.3) is 68.6 Å². The minimum atomic E-state index is -0.396. The van der Waals surface area contributed by atoms with Gasteiger partial charge in [0, 0.05) is 44.9 Å². The van der Waals surface area contributed by atoms with Gasteiger partial charge in [0.05, 0.1) is 57.9 Å². The van der Waals surface area contributed by atoms with E-state index in [9.17, 15) is 4.79 Å². The Labute approximate surface area is 413 Å². The van der Waals surface area contributed by atoms with E-state index in [4.69, 9.17) is 14.7 Å². The van der Waals surface area contributed by atoms with Crippen molar-refractivity contribution in [1.82, 2.24) is 19.9 Å². The SMILES string of the molecule is COC(=O)c1ccc(-c2c3nc(c(N(c4ccc(C)cc4)c4ccc(C)cc4)c4ccc([nH]4)c(N(c4ccc(C)cc4)c4ccc(C)cc4)c4nc(c(-c5ccc(C)cc5)c5ccc2[nH]5)C=C4)C=C3)cc1. The smallest absolute Gasteiger partial charge is 0.337 e. The van der Waals surface area contributed by atoms with Crippen LogP contribution in [0.1, 0.15) is 61.0 Å².